The summed E-state index contributed by atoms with van der Waals surface area (Å²) in [4.78, 5) is 58.3. The highest BCUT2D eigenvalue weighted by Gasteiger charge is 2.23. The number of nitrogen functional groups attached to an aromatic ring is 1. The molecule has 4 aromatic rings. The molecule has 0 radical (unpaired) electrons. The molecular formula is C44H47ClN6O6. The second-order valence-corrected chi connectivity index (χ2v) is 13.5. The zero-order valence-corrected chi connectivity index (χ0v) is 32.9. The number of piperidine rings is 2. The van der Waals surface area contributed by atoms with Crippen LogP contribution in [0.1, 0.15) is 52.4 Å². The van der Waals surface area contributed by atoms with Gasteiger partial charge < -0.3 is 25.0 Å². The third-order valence-electron chi connectivity index (χ3n) is 8.88. The number of carbonyl (C=O) groups excluding carboxylic acids is 4. The predicted octanol–water partition coefficient (Wildman–Crippen LogP) is 8.18. The summed E-state index contributed by atoms with van der Waals surface area (Å²) in [6, 6.07) is 25.1. The van der Waals surface area contributed by atoms with Crippen molar-refractivity contribution in [2.24, 2.45) is 11.8 Å². The molecule has 2 atom stereocenters. The Morgan fingerprint density at radius 3 is 1.72 bits per heavy atom. The van der Waals surface area contributed by atoms with Gasteiger partial charge in [-0.25, -0.2) is 19.6 Å². The van der Waals surface area contributed by atoms with Crippen LogP contribution >= 0.6 is 11.6 Å². The molecule has 6 rings (SSSR count). The molecule has 2 fully saturated rings. The Morgan fingerprint density at radius 2 is 1.23 bits per heavy atom. The monoisotopic (exact) mass is 790 g/mol. The molecule has 3 N–H and O–H groups in total. The number of halogens is 1. The number of Topliss-reactive ketones (excluding diaryl/α,β-unsaturated/α-hetero) is 2. The zero-order valence-electron chi connectivity index (χ0n) is 32.2. The number of anilines is 4. The van der Waals surface area contributed by atoms with Gasteiger partial charge in [0.1, 0.15) is 23.1 Å². The highest BCUT2D eigenvalue weighted by atomic mass is 35.5. The van der Waals surface area contributed by atoms with Gasteiger partial charge in [-0.2, -0.15) is 0 Å². The number of hydrogen-bond acceptors (Lipinski definition) is 11. The second-order valence-electron chi connectivity index (χ2n) is 13.2. The highest BCUT2D eigenvalue weighted by Crippen LogP contribution is 2.27. The Morgan fingerprint density at radius 1 is 0.737 bits per heavy atom. The van der Waals surface area contributed by atoms with Gasteiger partial charge in [-0.1, -0.05) is 48.2 Å². The van der Waals surface area contributed by atoms with Crippen LogP contribution in [0, 0.1) is 35.5 Å². The number of para-hydroxylation sites is 2. The molecule has 12 nitrogen and oxygen atoms in total. The van der Waals surface area contributed by atoms with Gasteiger partial charge >= 0.3 is 11.5 Å². The molecule has 0 bridgehead atoms. The van der Waals surface area contributed by atoms with Crippen molar-refractivity contribution in [3.05, 3.63) is 97.3 Å². The first kappa shape index (κ1) is 43.4. The normalized spacial score (nSPS) is 15.6. The van der Waals surface area contributed by atoms with Gasteiger partial charge in [0, 0.05) is 86.5 Å². The van der Waals surface area contributed by atoms with Crippen molar-refractivity contribution in [3.8, 4) is 35.2 Å². The van der Waals surface area contributed by atoms with Gasteiger partial charge in [-0.05, 0) is 99.6 Å². The number of nitrogens with zero attached hydrogens (tertiary/aromatic N) is 4. The molecule has 13 heteroatoms. The summed E-state index contributed by atoms with van der Waals surface area (Å²) in [6.07, 6.45) is 8.05. The van der Waals surface area contributed by atoms with Gasteiger partial charge in [0.25, 0.3) is 0 Å². The van der Waals surface area contributed by atoms with E-state index in [1.54, 1.807) is 74.8 Å². The summed E-state index contributed by atoms with van der Waals surface area (Å²) in [5, 5.41) is 2.66. The third kappa shape index (κ3) is 16.1. The van der Waals surface area contributed by atoms with E-state index in [1.165, 1.54) is 0 Å². The number of aromatic nitrogens is 2. The lowest BCUT2D eigenvalue weighted by molar-refractivity contribution is -0.115. The van der Waals surface area contributed by atoms with Crippen LogP contribution in [0.3, 0.4) is 0 Å². The van der Waals surface area contributed by atoms with Crippen molar-refractivity contribution in [2.75, 3.05) is 47.0 Å². The quantitative estimate of drug-likeness (QED) is 0.0958. The van der Waals surface area contributed by atoms with Crippen molar-refractivity contribution in [3.63, 3.8) is 0 Å². The van der Waals surface area contributed by atoms with Gasteiger partial charge in [-0.15, -0.1) is 0 Å². The maximum Gasteiger partial charge on any atom is 0.418 e. The predicted molar refractivity (Wildman–Crippen MR) is 223 cm³/mol. The standard InChI is InChI=1S/C22H23N3O3.C15H19N3O.C7H5ClO2/c1-2-7-19(26)14-17-8-6-13-25(16-17)18-11-12-23-21(15-18)24-22(27)28-20-9-4-3-5-10-20;1-2-4-14(19)9-12-5-3-8-18(11-12)13-6-7-17-15(16)10-13;8-7(9)10-6-4-2-1-3-5-6/h3-5,9-12,15,17H,6,8,13-14,16H2,1H3,(H,23,24,27);6-7,10,12H,3,5,8-9,11H2,1H3,(H2,16,17);1-5H/t17-;12-;/m00./s1. The number of benzene rings is 2. The van der Waals surface area contributed by atoms with E-state index in [1.807, 2.05) is 36.4 Å². The average Bonchev–Trinajstić information content (AvgIpc) is 3.19. The minimum atomic E-state index is -0.814. The Bertz CT molecular complexity index is 2060. The number of hydrogen-bond donors (Lipinski definition) is 2. The van der Waals surface area contributed by atoms with Crippen LogP contribution in [-0.4, -0.2) is 59.2 Å². The SMILES string of the molecule is CC#CC(=O)C[C@@H]1CCCN(c2ccnc(N)c2)C1.CC#CC(=O)C[C@@H]1CCCN(c2ccnc(NC(=O)Oc3ccccc3)c2)C1.O=C(Cl)Oc1ccccc1. The molecular weight excluding hydrogens is 744 g/mol. The fourth-order valence-electron chi connectivity index (χ4n) is 6.46. The summed E-state index contributed by atoms with van der Waals surface area (Å²) in [7, 11) is 0. The maximum absolute atomic E-state index is 12.1. The summed E-state index contributed by atoms with van der Waals surface area (Å²) in [6.45, 7) is 6.97. The smallest absolute Gasteiger partial charge is 0.415 e. The Hall–Kier alpha value is -6.37. The lowest BCUT2D eigenvalue weighted by Gasteiger charge is -2.34. The molecule has 2 aromatic carbocycles. The topological polar surface area (TPSA) is 157 Å². The van der Waals surface area contributed by atoms with Crippen LogP contribution in [0.25, 0.3) is 0 Å². The Balaban J connectivity index is 0.000000213. The van der Waals surface area contributed by atoms with Gasteiger partial charge in [0.05, 0.1) is 0 Å². The van der Waals surface area contributed by atoms with Crippen LogP contribution in [-0.2, 0) is 9.59 Å². The summed E-state index contributed by atoms with van der Waals surface area (Å²) in [5.74, 6) is 13.2. The number of amides is 1. The summed E-state index contributed by atoms with van der Waals surface area (Å²) < 4.78 is 9.77. The number of ether oxygens (including phenoxy) is 2. The van der Waals surface area contributed by atoms with E-state index < -0.39 is 11.5 Å². The molecule has 2 saturated heterocycles. The molecule has 1 amide bonds. The Labute approximate surface area is 339 Å². The molecule has 4 heterocycles. The fraction of sp³-hybridized carbons (Fsp3) is 0.318. The van der Waals surface area contributed by atoms with Crippen molar-refractivity contribution in [1.29, 1.82) is 0 Å². The van der Waals surface area contributed by atoms with Gasteiger partial charge in [-0.3, -0.25) is 14.9 Å². The molecule has 2 aliphatic rings. The third-order valence-corrected chi connectivity index (χ3v) is 8.96. The number of ketones is 2. The number of nitrogens with one attached hydrogen (secondary N) is 1. The minimum Gasteiger partial charge on any atom is -0.415 e. The maximum atomic E-state index is 12.1. The van der Waals surface area contributed by atoms with E-state index >= 15 is 0 Å². The minimum absolute atomic E-state index is 0.00454. The van der Waals surface area contributed by atoms with Crippen molar-refractivity contribution in [1.82, 2.24) is 9.97 Å². The van der Waals surface area contributed by atoms with Crippen LogP contribution < -0.4 is 30.3 Å². The van der Waals surface area contributed by atoms with Crippen LogP contribution in [0.2, 0.25) is 0 Å². The fourth-order valence-corrected chi connectivity index (χ4v) is 6.55. The zero-order chi connectivity index (χ0) is 40.8. The van der Waals surface area contributed by atoms with E-state index in [4.69, 9.17) is 22.1 Å². The average molecular weight is 791 g/mol. The van der Waals surface area contributed by atoms with Gasteiger partial charge in [0.2, 0.25) is 11.6 Å². The summed E-state index contributed by atoms with van der Waals surface area (Å²) >= 11 is 4.95. The lowest BCUT2D eigenvalue weighted by Crippen LogP contribution is -2.36. The Kier molecular flexibility index (Phi) is 17.9. The molecule has 0 saturated carbocycles. The number of nitrogens with two attached hydrogens (primary N) is 1. The van der Waals surface area contributed by atoms with E-state index in [0.29, 0.717) is 41.9 Å². The largest absolute Gasteiger partial charge is 0.418 e. The second kappa shape index (κ2) is 23.5. The molecule has 57 heavy (non-hydrogen) atoms. The van der Waals surface area contributed by atoms with E-state index in [0.717, 1.165) is 63.2 Å². The number of pyridine rings is 2. The molecule has 296 valence electrons. The van der Waals surface area contributed by atoms with Crippen molar-refractivity contribution in [2.45, 2.75) is 52.4 Å². The lowest BCUT2D eigenvalue weighted by atomic mass is 9.92. The first-order valence-corrected chi connectivity index (χ1v) is 19.0. The number of rotatable bonds is 9. The molecule has 2 aliphatic heterocycles. The molecule has 0 spiro atoms. The first-order valence-electron chi connectivity index (χ1n) is 18.7. The highest BCUT2D eigenvalue weighted by molar-refractivity contribution is 6.61. The molecule has 2 aromatic heterocycles. The molecule has 0 unspecified atom stereocenters. The van der Waals surface area contributed by atoms with Gasteiger partial charge in [0.15, 0.2) is 0 Å². The van der Waals surface area contributed by atoms with Crippen LogP contribution in [0.15, 0.2) is 97.3 Å². The van der Waals surface area contributed by atoms with Crippen molar-refractivity contribution < 1.29 is 28.7 Å². The van der Waals surface area contributed by atoms with E-state index in [2.05, 4.69) is 53.5 Å². The number of carbonyl (C=O) groups is 4. The van der Waals surface area contributed by atoms with E-state index in [9.17, 15) is 19.2 Å². The van der Waals surface area contributed by atoms with E-state index in [-0.39, 0.29) is 17.5 Å². The molecule has 0 aliphatic carbocycles. The summed E-state index contributed by atoms with van der Waals surface area (Å²) in [5.41, 5.74) is 6.95. The first-order chi connectivity index (χ1) is 27.6. The van der Waals surface area contributed by atoms with Crippen LogP contribution in [0.5, 0.6) is 11.5 Å². The van der Waals surface area contributed by atoms with Crippen molar-refractivity contribution >= 4 is 57.7 Å². The van der Waals surface area contributed by atoms with Crippen LogP contribution in [0.4, 0.5) is 32.6 Å².